The zero-order valence-electron chi connectivity index (χ0n) is 11.9. The highest BCUT2D eigenvalue weighted by molar-refractivity contribution is 5.93. The molecule has 3 amide bonds. The molecule has 0 aromatic heterocycles. The van der Waals surface area contributed by atoms with Gasteiger partial charge in [0.2, 0.25) is 5.91 Å². The van der Waals surface area contributed by atoms with Crippen molar-refractivity contribution in [3.8, 4) is 0 Å². The van der Waals surface area contributed by atoms with Crippen molar-refractivity contribution in [1.82, 2.24) is 10.2 Å². The maximum Gasteiger partial charge on any atom is 0.318 e. The molecule has 114 valence electrons. The lowest BCUT2D eigenvalue weighted by Gasteiger charge is -2.44. The molecule has 0 unspecified atom stereocenters. The zero-order valence-corrected chi connectivity index (χ0v) is 11.9. The number of rotatable bonds is 6. The number of imide groups is 1. The topological polar surface area (TPSA) is 113 Å². The van der Waals surface area contributed by atoms with E-state index in [0.29, 0.717) is 6.54 Å². The van der Waals surface area contributed by atoms with E-state index >= 15 is 0 Å². The molecule has 1 aliphatic rings. The van der Waals surface area contributed by atoms with Gasteiger partial charge >= 0.3 is 12.0 Å². The monoisotopic (exact) mass is 285 g/mol. The van der Waals surface area contributed by atoms with Crippen molar-refractivity contribution >= 4 is 17.9 Å². The van der Waals surface area contributed by atoms with Gasteiger partial charge in [0.05, 0.1) is 6.42 Å². The molecule has 7 heteroatoms. The van der Waals surface area contributed by atoms with Crippen LogP contribution in [0.15, 0.2) is 0 Å². The molecule has 0 saturated heterocycles. The highest BCUT2D eigenvalue weighted by Crippen LogP contribution is 2.35. The van der Waals surface area contributed by atoms with Crippen LogP contribution in [0, 0.1) is 0 Å². The lowest BCUT2D eigenvalue weighted by atomic mass is 9.78. The molecule has 0 heterocycles. The minimum atomic E-state index is -0.865. The quantitative estimate of drug-likeness (QED) is 0.664. The summed E-state index contributed by atoms with van der Waals surface area (Å²) in [6.45, 7) is 0.409. The molecular formula is C13H23N3O4. The second-order valence-corrected chi connectivity index (χ2v) is 5.44. The Morgan fingerprint density at radius 2 is 1.85 bits per heavy atom. The molecule has 4 N–H and O–H groups in total. The normalized spacial score (nSPS) is 17.7. The highest BCUT2D eigenvalue weighted by Gasteiger charge is 2.37. The molecule has 1 rings (SSSR count). The van der Waals surface area contributed by atoms with Gasteiger partial charge in [0, 0.05) is 18.5 Å². The first-order chi connectivity index (χ1) is 9.35. The third-order valence-corrected chi connectivity index (χ3v) is 4.01. The van der Waals surface area contributed by atoms with Gasteiger partial charge in [-0.1, -0.05) is 19.3 Å². The van der Waals surface area contributed by atoms with Crippen molar-refractivity contribution in [2.75, 3.05) is 13.6 Å². The minimum Gasteiger partial charge on any atom is -0.481 e. The summed E-state index contributed by atoms with van der Waals surface area (Å²) in [6.07, 6.45) is 5.00. The fraction of sp³-hybridized carbons (Fsp3) is 0.769. The summed E-state index contributed by atoms with van der Waals surface area (Å²) in [5.41, 5.74) is 4.49. The summed E-state index contributed by atoms with van der Waals surface area (Å²) in [5, 5.41) is 11.1. The van der Waals surface area contributed by atoms with E-state index in [9.17, 15) is 14.4 Å². The van der Waals surface area contributed by atoms with Crippen LogP contribution in [0.5, 0.6) is 0 Å². The molecule has 0 radical (unpaired) electrons. The van der Waals surface area contributed by atoms with Crippen molar-refractivity contribution in [1.29, 1.82) is 0 Å². The SMILES string of the molecule is CN(CCC(=O)NC(N)=O)C1(CC(=O)O)CCCCC1. The fourth-order valence-electron chi connectivity index (χ4n) is 2.89. The maximum atomic E-state index is 11.4. The average molecular weight is 285 g/mol. The number of carboxylic acids is 1. The summed E-state index contributed by atoms with van der Waals surface area (Å²) in [7, 11) is 1.84. The Labute approximate surface area is 118 Å². The predicted molar refractivity (Wildman–Crippen MR) is 73.0 cm³/mol. The number of carbonyl (C=O) groups is 3. The molecule has 7 nitrogen and oxygen atoms in total. The number of nitrogens with zero attached hydrogens (tertiary/aromatic N) is 1. The molecule has 0 bridgehead atoms. The Hall–Kier alpha value is -1.63. The number of carboxylic acid groups (broad SMARTS) is 1. The van der Waals surface area contributed by atoms with Crippen LogP contribution in [0.25, 0.3) is 0 Å². The number of hydrogen-bond acceptors (Lipinski definition) is 4. The molecule has 0 aliphatic heterocycles. The lowest BCUT2D eigenvalue weighted by Crippen LogP contribution is -2.50. The average Bonchev–Trinajstić information content (AvgIpc) is 2.35. The standard InChI is InChI=1S/C13H23N3O4/c1-16(8-5-10(17)15-12(14)20)13(9-11(18)19)6-3-2-4-7-13/h2-9H2,1H3,(H,18,19)(H3,14,15,17,20). The Morgan fingerprint density at radius 1 is 1.25 bits per heavy atom. The molecule has 20 heavy (non-hydrogen) atoms. The Morgan fingerprint density at radius 3 is 2.35 bits per heavy atom. The third-order valence-electron chi connectivity index (χ3n) is 4.01. The first kappa shape index (κ1) is 16.4. The minimum absolute atomic E-state index is 0.0843. The van der Waals surface area contributed by atoms with Crippen molar-refractivity contribution < 1.29 is 19.5 Å². The molecule has 0 spiro atoms. The van der Waals surface area contributed by atoms with Crippen LogP contribution in [0.4, 0.5) is 4.79 Å². The van der Waals surface area contributed by atoms with Gasteiger partial charge in [-0.15, -0.1) is 0 Å². The lowest BCUT2D eigenvalue weighted by molar-refractivity contribution is -0.141. The largest absolute Gasteiger partial charge is 0.481 e. The van der Waals surface area contributed by atoms with Gasteiger partial charge in [0.25, 0.3) is 0 Å². The molecular weight excluding hydrogens is 262 g/mol. The molecule has 0 aromatic carbocycles. The Bertz CT molecular complexity index is 378. The predicted octanol–water partition coefficient (Wildman–Crippen LogP) is 0.681. The third kappa shape index (κ3) is 4.80. The molecule has 0 aromatic rings. The van der Waals surface area contributed by atoms with E-state index in [-0.39, 0.29) is 18.4 Å². The molecule has 1 fully saturated rings. The van der Waals surface area contributed by atoms with Crippen LogP contribution in [-0.4, -0.2) is 47.0 Å². The Kier molecular flexibility index (Phi) is 5.94. The van der Waals surface area contributed by atoms with Gasteiger partial charge in [-0.05, 0) is 19.9 Å². The van der Waals surface area contributed by atoms with Crippen LogP contribution >= 0.6 is 0 Å². The van der Waals surface area contributed by atoms with Gasteiger partial charge in [-0.25, -0.2) is 4.79 Å². The van der Waals surface area contributed by atoms with Crippen LogP contribution in [0.2, 0.25) is 0 Å². The number of aliphatic carboxylic acids is 1. The van der Waals surface area contributed by atoms with Crippen LogP contribution in [-0.2, 0) is 9.59 Å². The van der Waals surface area contributed by atoms with Crippen molar-refractivity contribution in [2.24, 2.45) is 5.73 Å². The van der Waals surface area contributed by atoms with Gasteiger partial charge in [0.1, 0.15) is 0 Å². The second kappa shape index (κ2) is 7.23. The van der Waals surface area contributed by atoms with E-state index in [0.717, 1.165) is 32.1 Å². The summed E-state index contributed by atoms with van der Waals surface area (Å²) < 4.78 is 0. The number of primary amides is 1. The van der Waals surface area contributed by atoms with Crippen molar-refractivity contribution in [3.05, 3.63) is 0 Å². The van der Waals surface area contributed by atoms with Gasteiger partial charge in [-0.2, -0.15) is 0 Å². The highest BCUT2D eigenvalue weighted by atomic mass is 16.4. The van der Waals surface area contributed by atoms with Crippen LogP contribution in [0.3, 0.4) is 0 Å². The van der Waals surface area contributed by atoms with Gasteiger partial charge in [0.15, 0.2) is 0 Å². The smallest absolute Gasteiger partial charge is 0.318 e. The van der Waals surface area contributed by atoms with Crippen molar-refractivity contribution in [2.45, 2.75) is 50.5 Å². The van der Waals surface area contributed by atoms with E-state index in [4.69, 9.17) is 10.8 Å². The van der Waals surface area contributed by atoms with Crippen LogP contribution < -0.4 is 11.1 Å². The Balaban J connectivity index is 2.59. The summed E-state index contributed by atoms with van der Waals surface area (Å²) in [4.78, 5) is 35.0. The first-order valence-electron chi connectivity index (χ1n) is 6.88. The maximum absolute atomic E-state index is 11.4. The van der Waals surface area contributed by atoms with E-state index in [2.05, 4.69) is 0 Å². The zero-order chi connectivity index (χ0) is 15.2. The summed E-state index contributed by atoms with van der Waals surface area (Å²) >= 11 is 0. The van der Waals surface area contributed by atoms with E-state index in [1.54, 1.807) is 0 Å². The van der Waals surface area contributed by atoms with E-state index in [1.165, 1.54) is 0 Å². The fourth-order valence-corrected chi connectivity index (χ4v) is 2.89. The van der Waals surface area contributed by atoms with E-state index in [1.807, 2.05) is 17.3 Å². The van der Waals surface area contributed by atoms with Gasteiger partial charge < -0.3 is 10.8 Å². The molecule has 1 saturated carbocycles. The number of amides is 3. The van der Waals surface area contributed by atoms with Crippen LogP contribution in [0.1, 0.15) is 44.9 Å². The molecule has 1 aliphatic carbocycles. The first-order valence-corrected chi connectivity index (χ1v) is 6.88. The summed E-state index contributed by atoms with van der Waals surface area (Å²) in [6, 6.07) is -0.865. The van der Waals surface area contributed by atoms with Gasteiger partial charge in [-0.3, -0.25) is 19.8 Å². The van der Waals surface area contributed by atoms with Crippen molar-refractivity contribution in [3.63, 3.8) is 0 Å². The number of carbonyl (C=O) groups excluding carboxylic acids is 2. The summed E-state index contributed by atoms with van der Waals surface area (Å²) in [5.74, 6) is -1.26. The number of nitrogens with one attached hydrogen (secondary N) is 1. The number of urea groups is 1. The van der Waals surface area contributed by atoms with E-state index < -0.39 is 17.9 Å². The number of nitrogens with two attached hydrogens (primary N) is 1. The second-order valence-electron chi connectivity index (χ2n) is 5.44. The molecule has 0 atom stereocenters. The number of hydrogen-bond donors (Lipinski definition) is 3.